The number of ether oxygens (including phenoxy) is 3. The number of esters is 2. The summed E-state index contributed by atoms with van der Waals surface area (Å²) in [7, 11) is 1.46. The molecular weight excluding hydrogens is 272 g/mol. The number of hydrogen-bond acceptors (Lipinski definition) is 5. The van der Waals surface area contributed by atoms with E-state index in [1.54, 1.807) is 19.1 Å². The van der Waals surface area contributed by atoms with Crippen molar-refractivity contribution in [2.24, 2.45) is 0 Å². The minimum Gasteiger partial charge on any atom is -0.459 e. The number of carbonyl (C=O) groups excluding carboxylic acids is 2. The highest BCUT2D eigenvalue weighted by Crippen LogP contribution is 2.06. The molecule has 1 aromatic rings. The highest BCUT2D eigenvalue weighted by Gasteiger charge is 2.15. The summed E-state index contributed by atoms with van der Waals surface area (Å²) < 4.78 is 15.2. The van der Waals surface area contributed by atoms with Crippen LogP contribution in [0.2, 0.25) is 0 Å². The van der Waals surface area contributed by atoms with Gasteiger partial charge in [-0.1, -0.05) is 24.3 Å². The summed E-state index contributed by atoms with van der Waals surface area (Å²) in [4.78, 5) is 23.1. The van der Waals surface area contributed by atoms with Gasteiger partial charge in [0, 0.05) is 12.7 Å². The van der Waals surface area contributed by atoms with E-state index >= 15 is 0 Å². The summed E-state index contributed by atoms with van der Waals surface area (Å²) in [6.45, 7) is 6.98. The average molecular weight is 292 g/mol. The minimum absolute atomic E-state index is 0.00334. The van der Waals surface area contributed by atoms with Crippen molar-refractivity contribution >= 4 is 11.9 Å². The quantitative estimate of drug-likeness (QED) is 0.570. The first-order valence-corrected chi connectivity index (χ1v) is 6.53. The van der Waals surface area contributed by atoms with Crippen molar-refractivity contribution in [2.45, 2.75) is 20.0 Å². The van der Waals surface area contributed by atoms with Crippen LogP contribution in [0.1, 0.15) is 22.8 Å². The number of rotatable bonds is 7. The average Bonchev–Trinajstić information content (AvgIpc) is 2.47. The molecule has 0 saturated carbocycles. The molecule has 0 bridgehead atoms. The molecule has 5 nitrogen and oxygen atoms in total. The molecule has 1 atom stereocenters. The lowest BCUT2D eigenvalue weighted by Gasteiger charge is -2.15. The smallest absolute Gasteiger partial charge is 0.338 e. The Balaban J connectivity index is 2.44. The second-order valence-electron chi connectivity index (χ2n) is 4.70. The summed E-state index contributed by atoms with van der Waals surface area (Å²) in [6.07, 6.45) is -0.511. The molecule has 0 aromatic heterocycles. The highest BCUT2D eigenvalue weighted by atomic mass is 16.6. The zero-order chi connectivity index (χ0) is 15.8. The first kappa shape index (κ1) is 16.9. The summed E-state index contributed by atoms with van der Waals surface area (Å²) in [5.74, 6) is -0.940. The van der Waals surface area contributed by atoms with E-state index in [2.05, 4.69) is 6.58 Å². The predicted octanol–water partition coefficient (Wildman–Crippen LogP) is 2.29. The normalized spacial score (nSPS) is 11.6. The molecule has 0 aliphatic heterocycles. The third-order valence-corrected chi connectivity index (χ3v) is 2.77. The van der Waals surface area contributed by atoms with Crippen molar-refractivity contribution < 1.29 is 23.8 Å². The van der Waals surface area contributed by atoms with Gasteiger partial charge in [0.25, 0.3) is 0 Å². The highest BCUT2D eigenvalue weighted by molar-refractivity contribution is 5.89. The molecule has 0 spiro atoms. The van der Waals surface area contributed by atoms with E-state index < -0.39 is 18.0 Å². The third-order valence-electron chi connectivity index (χ3n) is 2.77. The van der Waals surface area contributed by atoms with Crippen LogP contribution in [0.3, 0.4) is 0 Å². The second kappa shape index (κ2) is 8.21. The molecule has 21 heavy (non-hydrogen) atoms. The van der Waals surface area contributed by atoms with Crippen LogP contribution in [0, 0.1) is 6.92 Å². The fourth-order valence-corrected chi connectivity index (χ4v) is 1.42. The zero-order valence-corrected chi connectivity index (χ0v) is 12.5. The van der Waals surface area contributed by atoms with Crippen LogP contribution in [0.5, 0.6) is 0 Å². The van der Waals surface area contributed by atoms with E-state index in [1.807, 2.05) is 19.1 Å². The number of hydrogen-bond donors (Lipinski definition) is 0. The van der Waals surface area contributed by atoms with Gasteiger partial charge in [0.05, 0.1) is 5.56 Å². The maximum Gasteiger partial charge on any atom is 0.338 e. The lowest BCUT2D eigenvalue weighted by Crippen LogP contribution is -2.27. The van der Waals surface area contributed by atoms with Crippen LogP contribution in [-0.4, -0.2) is 38.4 Å². The monoisotopic (exact) mass is 292 g/mol. The largest absolute Gasteiger partial charge is 0.459 e. The molecule has 0 aliphatic rings. The Morgan fingerprint density at radius 1 is 1.14 bits per heavy atom. The minimum atomic E-state index is -0.511. The predicted molar refractivity (Wildman–Crippen MR) is 78.0 cm³/mol. The van der Waals surface area contributed by atoms with Gasteiger partial charge in [0.2, 0.25) is 0 Å². The second-order valence-corrected chi connectivity index (χ2v) is 4.70. The van der Waals surface area contributed by atoms with Gasteiger partial charge in [0.15, 0.2) is 0 Å². The Kier molecular flexibility index (Phi) is 6.62. The van der Waals surface area contributed by atoms with Gasteiger partial charge in [-0.2, -0.15) is 0 Å². The van der Waals surface area contributed by atoms with E-state index in [-0.39, 0.29) is 13.2 Å². The van der Waals surface area contributed by atoms with Gasteiger partial charge in [0.1, 0.15) is 19.3 Å². The summed E-state index contributed by atoms with van der Waals surface area (Å²) in [5, 5.41) is 0. The van der Waals surface area contributed by atoms with Gasteiger partial charge in [-0.15, -0.1) is 0 Å². The Hall–Kier alpha value is -2.14. The van der Waals surface area contributed by atoms with E-state index in [0.717, 1.165) is 5.56 Å². The molecule has 1 rings (SSSR count). The lowest BCUT2D eigenvalue weighted by atomic mass is 10.1. The van der Waals surface area contributed by atoms with Gasteiger partial charge < -0.3 is 14.2 Å². The standard InChI is InChI=1S/C16H20O5/c1-11(2)15(17)20-9-14(19-4)10-21-16(18)13-7-5-12(3)6-8-13/h5-8,14H,1,9-10H2,2-4H3. The van der Waals surface area contributed by atoms with Crippen molar-refractivity contribution in [3.63, 3.8) is 0 Å². The van der Waals surface area contributed by atoms with E-state index in [0.29, 0.717) is 11.1 Å². The molecule has 0 radical (unpaired) electrons. The van der Waals surface area contributed by atoms with Gasteiger partial charge in [-0.05, 0) is 26.0 Å². The number of benzene rings is 1. The molecular formula is C16H20O5. The van der Waals surface area contributed by atoms with Crippen LogP contribution in [-0.2, 0) is 19.0 Å². The van der Waals surface area contributed by atoms with Crippen molar-refractivity contribution in [3.8, 4) is 0 Å². The summed E-state index contributed by atoms with van der Waals surface area (Å²) >= 11 is 0. The Bertz CT molecular complexity index is 504. The van der Waals surface area contributed by atoms with E-state index in [4.69, 9.17) is 14.2 Å². The molecule has 0 aliphatic carbocycles. The Morgan fingerprint density at radius 2 is 1.71 bits per heavy atom. The third kappa shape index (κ3) is 5.79. The number of aryl methyl sites for hydroxylation is 1. The van der Waals surface area contributed by atoms with E-state index in [1.165, 1.54) is 7.11 Å². The zero-order valence-electron chi connectivity index (χ0n) is 12.5. The first-order chi connectivity index (χ1) is 9.93. The number of methoxy groups -OCH3 is 1. The molecule has 114 valence electrons. The van der Waals surface area contributed by atoms with Crippen LogP contribution in [0.4, 0.5) is 0 Å². The maximum atomic E-state index is 11.8. The molecule has 0 N–H and O–H groups in total. The Labute approximate surface area is 124 Å². The molecule has 0 saturated heterocycles. The SMILES string of the molecule is C=C(C)C(=O)OCC(COC(=O)c1ccc(C)cc1)OC. The number of carbonyl (C=O) groups is 2. The topological polar surface area (TPSA) is 61.8 Å². The molecule has 0 heterocycles. The molecule has 5 heteroatoms. The summed E-state index contributed by atoms with van der Waals surface area (Å²) in [6, 6.07) is 7.05. The van der Waals surface area contributed by atoms with Crippen molar-refractivity contribution in [1.29, 1.82) is 0 Å². The van der Waals surface area contributed by atoms with Crippen molar-refractivity contribution in [2.75, 3.05) is 20.3 Å². The van der Waals surface area contributed by atoms with E-state index in [9.17, 15) is 9.59 Å². The maximum absolute atomic E-state index is 11.8. The molecule has 0 fully saturated rings. The summed E-state index contributed by atoms with van der Waals surface area (Å²) in [5.41, 5.74) is 1.84. The first-order valence-electron chi connectivity index (χ1n) is 6.53. The van der Waals surface area contributed by atoms with Crippen LogP contribution >= 0.6 is 0 Å². The van der Waals surface area contributed by atoms with Crippen molar-refractivity contribution in [1.82, 2.24) is 0 Å². The van der Waals surface area contributed by atoms with Gasteiger partial charge in [-0.3, -0.25) is 0 Å². The fraction of sp³-hybridized carbons (Fsp3) is 0.375. The van der Waals surface area contributed by atoms with Crippen LogP contribution in [0.25, 0.3) is 0 Å². The lowest BCUT2D eigenvalue weighted by molar-refractivity contribution is -0.143. The fourth-order valence-electron chi connectivity index (χ4n) is 1.42. The Morgan fingerprint density at radius 3 is 2.24 bits per heavy atom. The van der Waals surface area contributed by atoms with Crippen LogP contribution < -0.4 is 0 Å². The molecule has 1 unspecified atom stereocenters. The van der Waals surface area contributed by atoms with Gasteiger partial charge >= 0.3 is 11.9 Å². The van der Waals surface area contributed by atoms with Crippen molar-refractivity contribution in [3.05, 3.63) is 47.5 Å². The molecule has 0 amide bonds. The van der Waals surface area contributed by atoms with Crippen LogP contribution in [0.15, 0.2) is 36.4 Å². The molecule has 1 aromatic carbocycles. The van der Waals surface area contributed by atoms with Gasteiger partial charge in [-0.25, -0.2) is 9.59 Å².